The van der Waals surface area contributed by atoms with Crippen LogP contribution in [0.25, 0.3) is 0 Å². The van der Waals surface area contributed by atoms with E-state index in [0.717, 1.165) is 0 Å². The molecule has 42 valence electrons. The van der Waals surface area contributed by atoms with Crippen molar-refractivity contribution in [1.29, 1.82) is 0 Å². The van der Waals surface area contributed by atoms with E-state index in [9.17, 15) is 0 Å². The second kappa shape index (κ2) is 3.98. The average molecular weight is 120 g/mol. The van der Waals surface area contributed by atoms with Crippen LogP contribution < -0.4 is 11.3 Å². The molecule has 0 aromatic heterocycles. The van der Waals surface area contributed by atoms with Crippen molar-refractivity contribution in [3.8, 4) is 0 Å². The van der Waals surface area contributed by atoms with Crippen LogP contribution in [0.4, 0.5) is 0 Å². The van der Waals surface area contributed by atoms with Crippen molar-refractivity contribution in [3.63, 3.8) is 0 Å². The van der Waals surface area contributed by atoms with Gasteiger partial charge in [0.2, 0.25) is 0 Å². The second-order valence-corrected chi connectivity index (χ2v) is 1.41. The van der Waals surface area contributed by atoms with E-state index < -0.39 is 0 Å². The lowest BCUT2D eigenvalue weighted by molar-refractivity contribution is 0.403. The fraction of sp³-hybridized carbons (Fsp3) is 0.667. The molecule has 0 aliphatic carbocycles. The Balaban J connectivity index is 3.00. The van der Waals surface area contributed by atoms with Crippen LogP contribution in [0.3, 0.4) is 0 Å². The fourth-order valence-electron chi connectivity index (χ4n) is 0.156. The van der Waals surface area contributed by atoms with Gasteiger partial charge in [-0.05, 0) is 12.2 Å². The predicted octanol–water partition coefficient (Wildman–Crippen LogP) is -0.577. The molecule has 0 saturated carbocycles. The van der Waals surface area contributed by atoms with Crippen LogP contribution in [-0.2, 0) is 4.74 Å². The highest BCUT2D eigenvalue weighted by molar-refractivity contribution is 7.80. The summed E-state index contributed by atoms with van der Waals surface area (Å²) in [6, 6.07) is 0. The monoisotopic (exact) mass is 120 g/mol. The van der Waals surface area contributed by atoms with Gasteiger partial charge in [0.05, 0.1) is 13.7 Å². The standard InChI is InChI=1S/C3H8N2OS/c1-6-3(7)2-5-4/h5H,2,4H2,1H3. The lowest BCUT2D eigenvalue weighted by atomic mass is 10.7. The van der Waals surface area contributed by atoms with Crippen LogP contribution >= 0.6 is 12.2 Å². The zero-order chi connectivity index (χ0) is 5.70. The minimum atomic E-state index is 0.436. The molecule has 0 bridgehead atoms. The summed E-state index contributed by atoms with van der Waals surface area (Å²) in [6.07, 6.45) is 0. The summed E-state index contributed by atoms with van der Waals surface area (Å²) in [5.41, 5.74) is 2.35. The van der Waals surface area contributed by atoms with Crippen molar-refractivity contribution in [2.24, 2.45) is 5.84 Å². The number of nitrogens with one attached hydrogen (secondary N) is 1. The van der Waals surface area contributed by atoms with E-state index >= 15 is 0 Å². The van der Waals surface area contributed by atoms with Gasteiger partial charge in [0, 0.05) is 0 Å². The van der Waals surface area contributed by atoms with Crippen LogP contribution in [0, 0.1) is 0 Å². The maximum absolute atomic E-state index is 4.89. The smallest absolute Gasteiger partial charge is 0.174 e. The molecule has 7 heavy (non-hydrogen) atoms. The molecule has 0 aliphatic heterocycles. The molecule has 0 aromatic rings. The van der Waals surface area contributed by atoms with Gasteiger partial charge in [-0.2, -0.15) is 0 Å². The lowest BCUT2D eigenvalue weighted by Crippen LogP contribution is -2.28. The number of hydrazine groups is 1. The van der Waals surface area contributed by atoms with Crippen LogP contribution in [0.15, 0.2) is 0 Å². The van der Waals surface area contributed by atoms with Crippen molar-refractivity contribution in [2.75, 3.05) is 13.7 Å². The van der Waals surface area contributed by atoms with Gasteiger partial charge in [-0.1, -0.05) is 0 Å². The van der Waals surface area contributed by atoms with Gasteiger partial charge >= 0.3 is 0 Å². The summed E-state index contributed by atoms with van der Waals surface area (Å²) in [6.45, 7) is 0.436. The minimum absolute atomic E-state index is 0.436. The Hall–Kier alpha value is -0.190. The quantitative estimate of drug-likeness (QED) is 0.291. The first-order chi connectivity index (χ1) is 3.31. The molecule has 4 heteroatoms. The zero-order valence-corrected chi connectivity index (χ0v) is 4.92. The molecule has 0 rings (SSSR count). The maximum atomic E-state index is 4.89. The topological polar surface area (TPSA) is 47.3 Å². The van der Waals surface area contributed by atoms with E-state index in [4.69, 9.17) is 5.84 Å². The number of ether oxygens (including phenoxy) is 1. The fourth-order valence-corrected chi connectivity index (χ4v) is 0.239. The molecular weight excluding hydrogens is 112 g/mol. The average Bonchev–Trinajstić information content (AvgIpc) is 1.68. The van der Waals surface area contributed by atoms with Crippen molar-refractivity contribution in [3.05, 3.63) is 0 Å². The van der Waals surface area contributed by atoms with Crippen LogP contribution in [0.2, 0.25) is 0 Å². The van der Waals surface area contributed by atoms with Crippen LogP contribution in [0.5, 0.6) is 0 Å². The summed E-state index contributed by atoms with van der Waals surface area (Å²) in [7, 11) is 1.51. The third-order valence-corrected chi connectivity index (χ3v) is 0.785. The number of hydrogen-bond acceptors (Lipinski definition) is 4. The van der Waals surface area contributed by atoms with Crippen molar-refractivity contribution in [1.82, 2.24) is 5.43 Å². The van der Waals surface area contributed by atoms with Gasteiger partial charge in [-0.15, -0.1) is 0 Å². The highest BCUT2D eigenvalue weighted by Crippen LogP contribution is 1.71. The summed E-state index contributed by atoms with van der Waals surface area (Å²) in [5.74, 6) is 4.89. The van der Waals surface area contributed by atoms with E-state index in [1.165, 1.54) is 7.11 Å². The van der Waals surface area contributed by atoms with Crippen molar-refractivity contribution in [2.45, 2.75) is 0 Å². The predicted molar refractivity (Wildman–Crippen MR) is 31.8 cm³/mol. The van der Waals surface area contributed by atoms with E-state index in [1.807, 2.05) is 0 Å². The number of thiocarbonyl (C=S) groups is 1. The summed E-state index contributed by atoms with van der Waals surface area (Å²) in [5, 5.41) is 0.475. The Labute approximate surface area is 47.8 Å². The van der Waals surface area contributed by atoms with E-state index in [2.05, 4.69) is 22.4 Å². The molecule has 0 heterocycles. The molecule has 0 spiro atoms. The van der Waals surface area contributed by atoms with E-state index in [1.54, 1.807) is 0 Å². The molecule has 0 atom stereocenters. The summed E-state index contributed by atoms with van der Waals surface area (Å²) in [4.78, 5) is 0. The third-order valence-electron chi connectivity index (χ3n) is 0.474. The molecule has 3 nitrogen and oxygen atoms in total. The SMILES string of the molecule is COC(=S)CNN. The van der Waals surface area contributed by atoms with Crippen molar-refractivity contribution >= 4 is 17.3 Å². The summed E-state index contributed by atoms with van der Waals surface area (Å²) < 4.78 is 4.58. The van der Waals surface area contributed by atoms with Gasteiger partial charge < -0.3 is 4.74 Å². The molecule has 0 aromatic carbocycles. The Kier molecular flexibility index (Phi) is 3.87. The molecule has 0 aliphatic rings. The summed E-state index contributed by atoms with van der Waals surface area (Å²) >= 11 is 4.59. The second-order valence-electron chi connectivity index (χ2n) is 0.957. The minimum Gasteiger partial charge on any atom is -0.489 e. The molecule has 3 N–H and O–H groups in total. The molecule has 0 amide bonds. The Morgan fingerprint density at radius 2 is 2.57 bits per heavy atom. The highest BCUT2D eigenvalue weighted by Gasteiger charge is 1.86. The first kappa shape index (κ1) is 6.81. The first-order valence-corrected chi connectivity index (χ1v) is 2.22. The number of hydrogen-bond donors (Lipinski definition) is 2. The molecule has 0 unspecified atom stereocenters. The Morgan fingerprint density at radius 3 is 2.71 bits per heavy atom. The largest absolute Gasteiger partial charge is 0.489 e. The van der Waals surface area contributed by atoms with Crippen molar-refractivity contribution < 1.29 is 4.74 Å². The molecule has 0 fully saturated rings. The normalized spacial score (nSPS) is 8.29. The number of methoxy groups -OCH3 is 1. The van der Waals surface area contributed by atoms with E-state index in [-0.39, 0.29) is 0 Å². The van der Waals surface area contributed by atoms with Crippen LogP contribution in [-0.4, -0.2) is 18.7 Å². The van der Waals surface area contributed by atoms with Gasteiger partial charge in [0.25, 0.3) is 0 Å². The highest BCUT2D eigenvalue weighted by atomic mass is 32.1. The van der Waals surface area contributed by atoms with Crippen LogP contribution in [0.1, 0.15) is 0 Å². The van der Waals surface area contributed by atoms with Gasteiger partial charge in [-0.3, -0.25) is 11.3 Å². The molecule has 0 saturated heterocycles. The third kappa shape index (κ3) is 3.65. The molecular formula is C3H8N2OS. The van der Waals surface area contributed by atoms with Gasteiger partial charge in [0.15, 0.2) is 5.05 Å². The molecule has 0 radical (unpaired) electrons. The number of rotatable bonds is 2. The van der Waals surface area contributed by atoms with Gasteiger partial charge in [-0.25, -0.2) is 0 Å². The maximum Gasteiger partial charge on any atom is 0.174 e. The van der Waals surface area contributed by atoms with Gasteiger partial charge in [0.1, 0.15) is 0 Å². The number of nitrogens with two attached hydrogens (primary N) is 1. The van der Waals surface area contributed by atoms with E-state index in [0.29, 0.717) is 11.6 Å². The Bertz CT molecular complexity index is 66.0. The Morgan fingerprint density at radius 1 is 2.00 bits per heavy atom. The first-order valence-electron chi connectivity index (χ1n) is 1.81. The zero-order valence-electron chi connectivity index (χ0n) is 4.10. The lowest BCUT2D eigenvalue weighted by Gasteiger charge is -1.96.